The summed E-state index contributed by atoms with van der Waals surface area (Å²) in [6.07, 6.45) is 0. The van der Waals surface area contributed by atoms with Crippen LogP contribution in [0, 0.1) is 0 Å². The Morgan fingerprint density at radius 1 is 1.26 bits per heavy atom. The minimum atomic E-state index is -0.501. The summed E-state index contributed by atoms with van der Waals surface area (Å²) in [5, 5.41) is 13.8. The Bertz CT molecular complexity index is 825. The lowest BCUT2D eigenvalue weighted by atomic mass is 10.3. The van der Waals surface area contributed by atoms with Crippen molar-refractivity contribution < 1.29 is 5.21 Å². The van der Waals surface area contributed by atoms with Crippen LogP contribution in [0.3, 0.4) is 0 Å². The maximum absolute atomic E-state index is 12.0. The predicted octanol–water partition coefficient (Wildman–Crippen LogP) is -1.02. The lowest BCUT2D eigenvalue weighted by Gasteiger charge is -2.07. The molecule has 2 rings (SSSR count). The average molecular weight is 265 g/mol. The van der Waals surface area contributed by atoms with Gasteiger partial charge in [0, 0.05) is 26.2 Å². The van der Waals surface area contributed by atoms with Gasteiger partial charge in [-0.3, -0.25) is 18.9 Å². The van der Waals surface area contributed by atoms with Crippen molar-refractivity contribution in [3.63, 3.8) is 0 Å². The summed E-state index contributed by atoms with van der Waals surface area (Å²) in [6.45, 7) is 3.67. The second-order valence-electron chi connectivity index (χ2n) is 4.56. The third-order valence-corrected chi connectivity index (χ3v) is 2.73. The molecule has 0 radical (unpaired) electrons. The Hall–Kier alpha value is -2.38. The standard InChI is InChI=1S/C11H15N5O3/c1-6(2)12-8-5-7-9(13-16(8)19)14(3)11(18)15(4)10(7)17/h5-6,19H,1-4H3. The van der Waals surface area contributed by atoms with Crippen LogP contribution in [0.25, 0.3) is 11.0 Å². The van der Waals surface area contributed by atoms with Gasteiger partial charge in [-0.05, 0) is 13.8 Å². The van der Waals surface area contributed by atoms with Crippen LogP contribution in [0.5, 0.6) is 0 Å². The molecule has 0 amide bonds. The molecule has 1 N–H and O–H groups in total. The zero-order valence-corrected chi connectivity index (χ0v) is 11.2. The van der Waals surface area contributed by atoms with E-state index in [1.54, 1.807) is 0 Å². The summed E-state index contributed by atoms with van der Waals surface area (Å²) in [5.41, 5.74) is -0.693. The molecule has 0 unspecified atom stereocenters. The zero-order valence-electron chi connectivity index (χ0n) is 11.2. The molecule has 0 aliphatic heterocycles. The largest absolute Gasteiger partial charge is 0.410 e. The van der Waals surface area contributed by atoms with Crippen LogP contribution in [-0.2, 0) is 14.1 Å². The Morgan fingerprint density at radius 3 is 2.47 bits per heavy atom. The molecule has 0 bridgehead atoms. The molecule has 2 aromatic heterocycles. The molecule has 2 heterocycles. The molecular formula is C11H15N5O3. The number of fused-ring (bicyclic) bond motifs is 1. The van der Waals surface area contributed by atoms with Gasteiger partial charge in [-0.2, -0.15) is 0 Å². The van der Waals surface area contributed by atoms with E-state index < -0.39 is 11.2 Å². The molecule has 8 nitrogen and oxygen atoms in total. The van der Waals surface area contributed by atoms with E-state index in [9.17, 15) is 14.8 Å². The van der Waals surface area contributed by atoms with E-state index >= 15 is 0 Å². The molecular weight excluding hydrogens is 250 g/mol. The lowest BCUT2D eigenvalue weighted by Crippen LogP contribution is -2.39. The van der Waals surface area contributed by atoms with Crippen molar-refractivity contribution in [1.82, 2.24) is 19.1 Å². The number of hydrogen-bond donors (Lipinski definition) is 1. The van der Waals surface area contributed by atoms with Crippen LogP contribution >= 0.6 is 0 Å². The van der Waals surface area contributed by atoms with E-state index in [1.807, 2.05) is 13.8 Å². The Labute approximate surface area is 107 Å². The summed E-state index contributed by atoms with van der Waals surface area (Å²) >= 11 is 0. The van der Waals surface area contributed by atoms with Gasteiger partial charge >= 0.3 is 5.69 Å². The van der Waals surface area contributed by atoms with Crippen molar-refractivity contribution in [2.45, 2.75) is 19.9 Å². The van der Waals surface area contributed by atoms with Crippen LogP contribution in [-0.4, -0.2) is 30.3 Å². The Balaban J connectivity index is 3.04. The molecule has 2 aromatic rings. The van der Waals surface area contributed by atoms with E-state index in [0.717, 1.165) is 4.57 Å². The van der Waals surface area contributed by atoms with Crippen molar-refractivity contribution in [1.29, 1.82) is 0 Å². The zero-order chi connectivity index (χ0) is 14.3. The van der Waals surface area contributed by atoms with Gasteiger partial charge in [0.2, 0.25) is 0 Å². The fourth-order valence-electron chi connectivity index (χ4n) is 1.79. The SMILES string of the molecule is CC(C)N=c1cc2c(=O)n(C)c(=O)n(C)c2nn1O. The van der Waals surface area contributed by atoms with E-state index in [-0.39, 0.29) is 22.6 Å². The molecule has 0 saturated carbocycles. The van der Waals surface area contributed by atoms with Gasteiger partial charge in [0.1, 0.15) is 0 Å². The normalized spacial score (nSPS) is 12.6. The molecule has 0 saturated heterocycles. The van der Waals surface area contributed by atoms with E-state index in [4.69, 9.17) is 0 Å². The second-order valence-corrected chi connectivity index (χ2v) is 4.56. The predicted molar refractivity (Wildman–Crippen MR) is 68.1 cm³/mol. The monoisotopic (exact) mass is 265 g/mol. The van der Waals surface area contributed by atoms with Crippen molar-refractivity contribution in [3.05, 3.63) is 32.4 Å². The Kier molecular flexibility index (Phi) is 3.01. The molecule has 0 atom stereocenters. The van der Waals surface area contributed by atoms with E-state index in [1.165, 1.54) is 24.7 Å². The first-order valence-electron chi connectivity index (χ1n) is 5.76. The molecule has 19 heavy (non-hydrogen) atoms. The topological polar surface area (TPSA) is 94.4 Å². The number of hydrogen-bond acceptors (Lipinski definition) is 5. The van der Waals surface area contributed by atoms with Crippen LogP contribution < -0.4 is 16.7 Å². The smallest absolute Gasteiger partial charge is 0.332 e. The van der Waals surface area contributed by atoms with Gasteiger partial charge in [0.05, 0.1) is 5.39 Å². The van der Waals surface area contributed by atoms with Gasteiger partial charge < -0.3 is 5.21 Å². The van der Waals surface area contributed by atoms with Gasteiger partial charge in [-0.15, -0.1) is 5.10 Å². The number of aromatic nitrogens is 4. The summed E-state index contributed by atoms with van der Waals surface area (Å²) in [7, 11) is 2.87. The van der Waals surface area contributed by atoms with Gasteiger partial charge in [0.25, 0.3) is 5.56 Å². The lowest BCUT2D eigenvalue weighted by molar-refractivity contribution is 0.133. The molecule has 0 aliphatic carbocycles. The summed E-state index contributed by atoms with van der Waals surface area (Å²) in [5.74, 6) is 0. The van der Waals surface area contributed by atoms with Gasteiger partial charge in [0.15, 0.2) is 11.1 Å². The first kappa shape index (κ1) is 13.1. The highest BCUT2D eigenvalue weighted by atomic mass is 16.5. The molecule has 0 fully saturated rings. The fourth-order valence-corrected chi connectivity index (χ4v) is 1.79. The first-order chi connectivity index (χ1) is 8.82. The van der Waals surface area contributed by atoms with Crippen molar-refractivity contribution in [2.75, 3.05) is 0 Å². The number of aryl methyl sites for hydroxylation is 1. The molecule has 8 heteroatoms. The molecule has 0 spiro atoms. The highest BCUT2D eigenvalue weighted by Gasteiger charge is 2.11. The highest BCUT2D eigenvalue weighted by Crippen LogP contribution is 1.98. The average Bonchev–Trinajstić information content (AvgIpc) is 2.35. The van der Waals surface area contributed by atoms with Crippen LogP contribution in [0.15, 0.2) is 20.6 Å². The maximum Gasteiger partial charge on any atom is 0.332 e. The minimum Gasteiger partial charge on any atom is -0.410 e. The fraction of sp³-hybridized carbons (Fsp3) is 0.455. The van der Waals surface area contributed by atoms with Gasteiger partial charge in [-0.1, -0.05) is 4.85 Å². The molecule has 0 aliphatic rings. The third kappa shape index (κ3) is 2.05. The van der Waals surface area contributed by atoms with Crippen molar-refractivity contribution in [2.24, 2.45) is 19.1 Å². The highest BCUT2D eigenvalue weighted by molar-refractivity contribution is 5.72. The summed E-state index contributed by atoms with van der Waals surface area (Å²) in [4.78, 5) is 28.5. The number of rotatable bonds is 1. The molecule has 102 valence electrons. The first-order valence-corrected chi connectivity index (χ1v) is 5.76. The van der Waals surface area contributed by atoms with Crippen molar-refractivity contribution >= 4 is 11.0 Å². The maximum atomic E-state index is 12.0. The van der Waals surface area contributed by atoms with Crippen molar-refractivity contribution in [3.8, 4) is 0 Å². The second kappa shape index (κ2) is 4.38. The van der Waals surface area contributed by atoms with E-state index in [0.29, 0.717) is 4.85 Å². The minimum absolute atomic E-state index is 0.0611. The number of nitrogens with zero attached hydrogens (tertiary/aromatic N) is 5. The third-order valence-electron chi connectivity index (χ3n) is 2.73. The van der Waals surface area contributed by atoms with Gasteiger partial charge in [-0.25, -0.2) is 4.79 Å². The molecule has 0 aromatic carbocycles. The van der Waals surface area contributed by atoms with Crippen LogP contribution in [0.4, 0.5) is 0 Å². The van der Waals surface area contributed by atoms with E-state index in [2.05, 4.69) is 10.1 Å². The van der Waals surface area contributed by atoms with Crippen LogP contribution in [0.2, 0.25) is 0 Å². The Morgan fingerprint density at radius 2 is 1.89 bits per heavy atom. The summed E-state index contributed by atoms with van der Waals surface area (Å²) in [6, 6.07) is 1.36. The summed E-state index contributed by atoms with van der Waals surface area (Å²) < 4.78 is 2.19. The quantitative estimate of drug-likeness (QED) is 0.668. The van der Waals surface area contributed by atoms with Crippen LogP contribution in [0.1, 0.15) is 13.8 Å².